The van der Waals surface area contributed by atoms with Crippen molar-refractivity contribution in [3.8, 4) is 0 Å². The first kappa shape index (κ1) is 15.5. The van der Waals surface area contributed by atoms with E-state index in [9.17, 15) is 9.90 Å². The van der Waals surface area contributed by atoms with Gasteiger partial charge < -0.3 is 19.5 Å². The fourth-order valence-corrected chi connectivity index (χ4v) is 2.48. The molecule has 2 saturated heterocycles. The van der Waals surface area contributed by atoms with E-state index in [1.54, 1.807) is 0 Å². The van der Waals surface area contributed by atoms with Crippen molar-refractivity contribution in [2.75, 3.05) is 78.8 Å². The van der Waals surface area contributed by atoms with Crippen molar-refractivity contribution >= 4 is 6.09 Å². The zero-order chi connectivity index (χ0) is 14.2. The van der Waals surface area contributed by atoms with Crippen LogP contribution < -0.4 is 0 Å². The van der Waals surface area contributed by atoms with Crippen molar-refractivity contribution in [1.82, 2.24) is 14.7 Å². The van der Waals surface area contributed by atoms with Gasteiger partial charge in [0.05, 0.1) is 26.4 Å². The van der Waals surface area contributed by atoms with Crippen LogP contribution in [0.25, 0.3) is 0 Å². The Morgan fingerprint density at radius 3 is 1.65 bits per heavy atom. The summed E-state index contributed by atoms with van der Waals surface area (Å²) in [5.74, 6) is 0. The minimum absolute atomic E-state index is 0.569. The highest BCUT2D eigenvalue weighted by molar-refractivity contribution is 5.64. The molecule has 0 spiro atoms. The Morgan fingerprint density at radius 1 is 0.900 bits per heavy atom. The Kier molecular flexibility index (Phi) is 6.52. The number of hydrogen-bond acceptors (Lipinski definition) is 5. The lowest BCUT2D eigenvalue weighted by molar-refractivity contribution is 0.0266. The van der Waals surface area contributed by atoms with E-state index in [1.165, 1.54) is 4.90 Å². The Hall–Kier alpha value is -0.890. The van der Waals surface area contributed by atoms with Crippen LogP contribution in [0.3, 0.4) is 0 Å². The van der Waals surface area contributed by atoms with Crippen LogP contribution in [-0.4, -0.2) is 105 Å². The van der Waals surface area contributed by atoms with Crippen LogP contribution in [0.2, 0.25) is 0 Å². The second kappa shape index (κ2) is 8.41. The van der Waals surface area contributed by atoms with Gasteiger partial charge in [0.25, 0.3) is 0 Å². The van der Waals surface area contributed by atoms with Crippen molar-refractivity contribution < 1.29 is 19.4 Å². The number of hydrogen-bond donors (Lipinski definition) is 1. The molecule has 20 heavy (non-hydrogen) atoms. The molecule has 7 nitrogen and oxygen atoms in total. The molecule has 2 heterocycles. The molecule has 2 fully saturated rings. The van der Waals surface area contributed by atoms with Gasteiger partial charge >= 0.3 is 6.09 Å². The molecule has 2 rings (SSSR count). The fourth-order valence-electron chi connectivity index (χ4n) is 2.48. The van der Waals surface area contributed by atoms with Crippen molar-refractivity contribution in [2.45, 2.75) is 0 Å². The molecule has 0 unspecified atom stereocenters. The molecular formula is C13H25N3O4. The highest BCUT2D eigenvalue weighted by Crippen LogP contribution is 2.01. The Morgan fingerprint density at radius 2 is 1.30 bits per heavy atom. The third-order valence-electron chi connectivity index (χ3n) is 3.85. The van der Waals surface area contributed by atoms with E-state index >= 15 is 0 Å². The van der Waals surface area contributed by atoms with Gasteiger partial charge in [0.1, 0.15) is 0 Å². The lowest BCUT2D eigenvalue weighted by atomic mass is 10.3. The molecule has 7 heteroatoms. The van der Waals surface area contributed by atoms with Gasteiger partial charge in [-0.2, -0.15) is 0 Å². The molecular weight excluding hydrogens is 262 g/mol. The van der Waals surface area contributed by atoms with Crippen molar-refractivity contribution in [2.24, 2.45) is 0 Å². The Labute approximate surface area is 120 Å². The predicted molar refractivity (Wildman–Crippen MR) is 74.1 cm³/mol. The number of carbonyl (C=O) groups is 1. The molecule has 1 N–H and O–H groups in total. The lowest BCUT2D eigenvalue weighted by Crippen LogP contribution is -2.46. The second-order valence-electron chi connectivity index (χ2n) is 5.18. The molecule has 0 aromatic rings. The van der Waals surface area contributed by atoms with Gasteiger partial charge in [-0.1, -0.05) is 0 Å². The summed E-state index contributed by atoms with van der Waals surface area (Å²) in [7, 11) is 0. The summed E-state index contributed by atoms with van der Waals surface area (Å²) in [6.45, 7) is 9.32. The minimum Gasteiger partial charge on any atom is -0.465 e. The summed E-state index contributed by atoms with van der Waals surface area (Å²) in [6, 6.07) is 0. The molecule has 116 valence electrons. The molecule has 0 aromatic heterocycles. The molecule has 0 bridgehead atoms. The topological polar surface area (TPSA) is 65.5 Å². The Bertz CT molecular complexity index is 269. The summed E-state index contributed by atoms with van der Waals surface area (Å²) in [5.41, 5.74) is 0. The van der Waals surface area contributed by atoms with E-state index in [-0.39, 0.29) is 0 Å². The van der Waals surface area contributed by atoms with Crippen LogP contribution >= 0.6 is 0 Å². The zero-order valence-electron chi connectivity index (χ0n) is 12.0. The van der Waals surface area contributed by atoms with Gasteiger partial charge in [0.2, 0.25) is 0 Å². The average Bonchev–Trinajstić information content (AvgIpc) is 2.49. The average molecular weight is 287 g/mol. The first-order valence-corrected chi connectivity index (χ1v) is 7.34. The molecule has 0 atom stereocenters. The van der Waals surface area contributed by atoms with Crippen molar-refractivity contribution in [1.29, 1.82) is 0 Å². The fraction of sp³-hybridized carbons (Fsp3) is 0.923. The van der Waals surface area contributed by atoms with E-state index in [2.05, 4.69) is 9.80 Å². The van der Waals surface area contributed by atoms with Crippen LogP contribution in [-0.2, 0) is 9.47 Å². The van der Waals surface area contributed by atoms with E-state index in [1.807, 2.05) is 0 Å². The molecule has 0 saturated carbocycles. The van der Waals surface area contributed by atoms with Gasteiger partial charge in [0, 0.05) is 52.4 Å². The number of amides is 1. The maximum atomic E-state index is 11.3. The van der Waals surface area contributed by atoms with E-state index in [4.69, 9.17) is 9.47 Å². The number of carboxylic acid groups (broad SMARTS) is 1. The van der Waals surface area contributed by atoms with Crippen LogP contribution in [0.5, 0.6) is 0 Å². The third kappa shape index (κ3) is 5.24. The van der Waals surface area contributed by atoms with Crippen LogP contribution in [0.1, 0.15) is 0 Å². The molecule has 2 aliphatic heterocycles. The molecule has 0 radical (unpaired) electrons. The summed E-state index contributed by atoms with van der Waals surface area (Å²) in [4.78, 5) is 17.3. The van der Waals surface area contributed by atoms with Gasteiger partial charge in [-0.15, -0.1) is 0 Å². The number of ether oxygens (including phenoxy) is 2. The summed E-state index contributed by atoms with van der Waals surface area (Å²) in [5, 5.41) is 9.27. The van der Waals surface area contributed by atoms with E-state index < -0.39 is 6.09 Å². The van der Waals surface area contributed by atoms with Gasteiger partial charge in [-0.3, -0.25) is 9.80 Å². The predicted octanol–water partition coefficient (Wildman–Crippen LogP) is -0.369. The first-order valence-electron chi connectivity index (χ1n) is 7.34. The Balaban J connectivity index is 1.67. The first-order chi connectivity index (χ1) is 9.75. The SMILES string of the molecule is O=C(O)N(CCN1CCOCC1)CCN1CCOCC1. The summed E-state index contributed by atoms with van der Waals surface area (Å²) in [6.07, 6.45) is -0.827. The molecule has 2 aliphatic rings. The summed E-state index contributed by atoms with van der Waals surface area (Å²) >= 11 is 0. The quantitative estimate of drug-likeness (QED) is 0.719. The summed E-state index contributed by atoms with van der Waals surface area (Å²) < 4.78 is 10.6. The van der Waals surface area contributed by atoms with Gasteiger partial charge in [-0.05, 0) is 0 Å². The molecule has 1 amide bonds. The minimum atomic E-state index is -0.827. The molecule has 0 aromatic carbocycles. The maximum Gasteiger partial charge on any atom is 0.407 e. The lowest BCUT2D eigenvalue weighted by Gasteiger charge is -2.31. The zero-order valence-corrected chi connectivity index (χ0v) is 12.0. The van der Waals surface area contributed by atoms with Crippen molar-refractivity contribution in [3.05, 3.63) is 0 Å². The highest BCUT2D eigenvalue weighted by atomic mass is 16.5. The van der Waals surface area contributed by atoms with E-state index in [0.717, 1.165) is 65.7 Å². The molecule has 0 aliphatic carbocycles. The smallest absolute Gasteiger partial charge is 0.407 e. The third-order valence-corrected chi connectivity index (χ3v) is 3.85. The second-order valence-corrected chi connectivity index (χ2v) is 5.18. The van der Waals surface area contributed by atoms with Gasteiger partial charge in [0.15, 0.2) is 0 Å². The van der Waals surface area contributed by atoms with Crippen LogP contribution in [0.4, 0.5) is 4.79 Å². The van der Waals surface area contributed by atoms with Crippen molar-refractivity contribution in [3.63, 3.8) is 0 Å². The van der Waals surface area contributed by atoms with E-state index in [0.29, 0.717) is 13.1 Å². The normalized spacial score (nSPS) is 21.8. The van der Waals surface area contributed by atoms with Gasteiger partial charge in [-0.25, -0.2) is 4.79 Å². The highest BCUT2D eigenvalue weighted by Gasteiger charge is 2.17. The monoisotopic (exact) mass is 287 g/mol. The number of nitrogens with zero attached hydrogens (tertiary/aromatic N) is 3. The largest absolute Gasteiger partial charge is 0.465 e. The van der Waals surface area contributed by atoms with Crippen LogP contribution in [0, 0.1) is 0 Å². The number of rotatable bonds is 6. The van der Waals surface area contributed by atoms with Crippen LogP contribution in [0.15, 0.2) is 0 Å². The standard InChI is InChI=1S/C13H25N3O4/c17-13(18)16(3-1-14-5-9-19-10-6-14)4-2-15-7-11-20-12-8-15/h1-12H2,(H,17,18). The number of morpholine rings is 2. The maximum absolute atomic E-state index is 11.3.